The molecule has 0 unspecified atom stereocenters. The molecule has 0 radical (unpaired) electrons. The van der Waals surface area contributed by atoms with Gasteiger partial charge in [0.1, 0.15) is 17.2 Å². The van der Waals surface area contributed by atoms with Crippen LogP contribution < -0.4 is 26.6 Å². The van der Waals surface area contributed by atoms with Gasteiger partial charge in [-0.2, -0.15) is 13.2 Å². The zero-order chi connectivity index (χ0) is 55.7. The lowest BCUT2D eigenvalue weighted by molar-refractivity contribution is -0.137. The molecular weight excluding hydrogens is 1120 g/mol. The quantitative estimate of drug-likeness (QED) is 0.0206. The third-order valence-corrected chi connectivity index (χ3v) is 14.1. The van der Waals surface area contributed by atoms with Crippen molar-refractivity contribution >= 4 is 105 Å². The Morgan fingerprint density at radius 1 is 0.592 bits per heavy atom. The van der Waals surface area contributed by atoms with Gasteiger partial charge in [0.2, 0.25) is 0 Å². The molecule has 0 spiro atoms. The number of amides is 4. The molecule has 0 saturated heterocycles. The molecule has 0 aliphatic heterocycles. The van der Waals surface area contributed by atoms with E-state index in [2.05, 4.69) is 32.7 Å². The second kappa shape index (κ2) is 28.5. The fourth-order valence-corrected chi connectivity index (χ4v) is 8.81. The summed E-state index contributed by atoms with van der Waals surface area (Å²) in [6, 6.07) is 29.6. The Balaban J connectivity index is 0.000000213. The Bertz CT molecular complexity index is 3120. The standard InChI is InChI=1S/C21H24Cl4N2O3.C19H16ClNO2S.C14H10F4N2O2/c1-11-14(22)9-13(19(28)17(11)24)7-5-3-4-6-8-26-21(30)27-16-10-15(23)12(2)18(25)20(16)29;20-14-5-8-16(9-6-14)24-19-4-2-1-3-13(19)12-21-17-10-7-15(22)11-18(17)23;15-10-2-1-3-11(12(10)21)20-13(22)19-9-6-4-8(5-7-9)14(16,17)18/h9-10,28-29H,3-8H2,1-2H3,(H2,26,27,30);1-11,21-23H,12H2;1-7,21H,(H2,19,20,22). The van der Waals surface area contributed by atoms with E-state index >= 15 is 0 Å². The van der Waals surface area contributed by atoms with E-state index in [-0.39, 0.29) is 45.1 Å². The van der Waals surface area contributed by atoms with Gasteiger partial charge in [0.25, 0.3) is 0 Å². The van der Waals surface area contributed by atoms with Crippen molar-refractivity contribution in [2.75, 3.05) is 27.8 Å². The van der Waals surface area contributed by atoms with Gasteiger partial charge in [-0.3, -0.25) is 0 Å². The topological polar surface area (TPSA) is 195 Å². The molecule has 0 fully saturated rings. The number of rotatable bonds is 15. The van der Waals surface area contributed by atoms with Crippen LogP contribution in [0.25, 0.3) is 0 Å². The predicted molar refractivity (Wildman–Crippen MR) is 296 cm³/mol. The number of nitrogens with one attached hydrogen (secondary N) is 5. The average molecular weight is 1170 g/mol. The molecule has 0 atom stereocenters. The highest BCUT2D eigenvalue weighted by atomic mass is 35.5. The van der Waals surface area contributed by atoms with E-state index in [0.29, 0.717) is 51.4 Å². The van der Waals surface area contributed by atoms with Crippen molar-refractivity contribution in [3.8, 4) is 28.7 Å². The van der Waals surface area contributed by atoms with E-state index in [4.69, 9.17) is 58.0 Å². The highest BCUT2D eigenvalue weighted by Crippen LogP contribution is 2.40. The minimum atomic E-state index is -4.46. The molecule has 10 N–H and O–H groups in total. The summed E-state index contributed by atoms with van der Waals surface area (Å²) in [4.78, 5) is 25.9. The van der Waals surface area contributed by atoms with Gasteiger partial charge in [-0.05, 0) is 146 Å². The van der Waals surface area contributed by atoms with Crippen molar-refractivity contribution in [3.63, 3.8) is 0 Å². The number of unbranched alkanes of at least 4 members (excludes halogenated alkanes) is 3. The first kappa shape index (κ1) is 60.3. The summed E-state index contributed by atoms with van der Waals surface area (Å²) in [6.07, 6.45) is -0.306. The zero-order valence-electron chi connectivity index (χ0n) is 40.4. The molecule has 76 heavy (non-hydrogen) atoms. The number of aryl methyl sites for hydroxylation is 1. The lowest BCUT2D eigenvalue weighted by atomic mass is 10.0. The number of aromatic hydroxyl groups is 5. The molecule has 12 nitrogen and oxygen atoms in total. The Kier molecular flexibility index (Phi) is 22.6. The third kappa shape index (κ3) is 18.0. The molecule has 7 aromatic rings. The molecule has 22 heteroatoms. The highest BCUT2D eigenvalue weighted by Gasteiger charge is 2.30. The Hall–Kier alpha value is -6.60. The number of carbonyl (C=O) groups is 2. The van der Waals surface area contributed by atoms with Gasteiger partial charge in [0.05, 0.1) is 32.7 Å². The van der Waals surface area contributed by atoms with Crippen LogP contribution in [0.5, 0.6) is 28.7 Å². The molecule has 0 aromatic heterocycles. The summed E-state index contributed by atoms with van der Waals surface area (Å²) in [5, 5.41) is 63.7. The first-order valence-corrected chi connectivity index (χ1v) is 25.6. The fourth-order valence-electron chi connectivity index (χ4n) is 6.79. The van der Waals surface area contributed by atoms with Gasteiger partial charge in [-0.25, -0.2) is 14.0 Å². The molecule has 7 rings (SSSR count). The largest absolute Gasteiger partial charge is 0.508 e. The van der Waals surface area contributed by atoms with Gasteiger partial charge < -0.3 is 52.1 Å². The predicted octanol–water partition coefficient (Wildman–Crippen LogP) is 17.0. The van der Waals surface area contributed by atoms with E-state index < -0.39 is 35.4 Å². The van der Waals surface area contributed by atoms with Crippen molar-refractivity contribution in [1.82, 2.24) is 5.32 Å². The zero-order valence-corrected chi connectivity index (χ0v) is 45.0. The molecule has 0 aliphatic rings. The van der Waals surface area contributed by atoms with Crippen LogP contribution in [-0.2, 0) is 19.1 Å². The minimum Gasteiger partial charge on any atom is -0.508 e. The Morgan fingerprint density at radius 2 is 1.22 bits per heavy atom. The summed E-state index contributed by atoms with van der Waals surface area (Å²) in [7, 11) is 0. The van der Waals surface area contributed by atoms with Gasteiger partial charge in [0, 0.05) is 49.7 Å². The van der Waals surface area contributed by atoms with Gasteiger partial charge in [-0.1, -0.05) is 107 Å². The number of hydrogen-bond donors (Lipinski definition) is 10. The number of urea groups is 2. The maximum atomic E-state index is 13.1. The lowest BCUT2D eigenvalue weighted by Crippen LogP contribution is -2.29. The number of hydrogen-bond acceptors (Lipinski definition) is 9. The minimum absolute atomic E-state index is 0.0258. The summed E-state index contributed by atoms with van der Waals surface area (Å²) < 4.78 is 50.3. The number of para-hydroxylation sites is 1. The lowest BCUT2D eigenvalue weighted by Gasteiger charge is -2.12. The van der Waals surface area contributed by atoms with E-state index in [1.807, 2.05) is 42.5 Å². The number of benzene rings is 7. The van der Waals surface area contributed by atoms with Crippen molar-refractivity contribution in [3.05, 3.63) is 180 Å². The van der Waals surface area contributed by atoms with Crippen LogP contribution in [0.15, 0.2) is 131 Å². The van der Waals surface area contributed by atoms with Gasteiger partial charge >= 0.3 is 18.2 Å². The van der Waals surface area contributed by atoms with Crippen molar-refractivity contribution in [1.29, 1.82) is 0 Å². The number of anilines is 4. The summed E-state index contributed by atoms with van der Waals surface area (Å²) in [5.41, 5.74) is 2.92. The molecule has 0 heterocycles. The van der Waals surface area contributed by atoms with Crippen LogP contribution in [0.4, 0.5) is 49.9 Å². The average Bonchev–Trinajstić information content (AvgIpc) is 3.38. The summed E-state index contributed by atoms with van der Waals surface area (Å²) in [5.74, 6) is -1.70. The molecular formula is C54H50Cl5F4N5O7S. The van der Waals surface area contributed by atoms with Gasteiger partial charge in [0.15, 0.2) is 17.3 Å². The summed E-state index contributed by atoms with van der Waals surface area (Å²) >= 11 is 31.8. The molecule has 402 valence electrons. The summed E-state index contributed by atoms with van der Waals surface area (Å²) in [6.45, 7) is 4.49. The normalized spacial score (nSPS) is 10.8. The van der Waals surface area contributed by atoms with Crippen LogP contribution in [0, 0.1) is 19.7 Å². The molecule has 4 amide bonds. The van der Waals surface area contributed by atoms with Crippen molar-refractivity contribution < 1.29 is 52.7 Å². The van der Waals surface area contributed by atoms with Crippen LogP contribution in [0.1, 0.15) is 53.5 Å². The van der Waals surface area contributed by atoms with Crippen LogP contribution in [0.3, 0.4) is 0 Å². The smallest absolute Gasteiger partial charge is 0.416 e. The monoisotopic (exact) mass is 1160 g/mol. The second-order valence-electron chi connectivity index (χ2n) is 16.6. The number of alkyl halides is 3. The first-order valence-electron chi connectivity index (χ1n) is 22.9. The third-order valence-electron chi connectivity index (χ3n) is 11.0. The van der Waals surface area contributed by atoms with Crippen LogP contribution >= 0.6 is 69.8 Å². The van der Waals surface area contributed by atoms with Crippen molar-refractivity contribution in [2.24, 2.45) is 0 Å². The molecule has 0 saturated carbocycles. The van der Waals surface area contributed by atoms with Crippen molar-refractivity contribution in [2.45, 2.75) is 68.5 Å². The van der Waals surface area contributed by atoms with Gasteiger partial charge in [-0.15, -0.1) is 0 Å². The number of phenols is 5. The van der Waals surface area contributed by atoms with E-state index in [1.165, 1.54) is 30.3 Å². The first-order chi connectivity index (χ1) is 36.0. The molecule has 0 aliphatic carbocycles. The maximum Gasteiger partial charge on any atom is 0.416 e. The van der Waals surface area contributed by atoms with Crippen LogP contribution in [0.2, 0.25) is 25.1 Å². The highest BCUT2D eigenvalue weighted by molar-refractivity contribution is 7.99. The van der Waals surface area contributed by atoms with Crippen LogP contribution in [-0.4, -0.2) is 44.1 Å². The maximum absolute atomic E-state index is 13.1. The Labute approximate surface area is 465 Å². The molecule has 7 aromatic carbocycles. The van der Waals surface area contributed by atoms with E-state index in [9.17, 15) is 52.7 Å². The fraction of sp³-hybridized carbons (Fsp3) is 0.185. The number of phenolic OH excluding ortho intramolecular Hbond substituents is 5. The Morgan fingerprint density at radius 3 is 1.89 bits per heavy atom. The second-order valence-corrected chi connectivity index (χ2v) is 19.7. The van der Waals surface area contributed by atoms with E-state index in [0.717, 1.165) is 82.0 Å². The number of carbonyl (C=O) groups excluding carboxylic acids is 2. The SMILES string of the molecule is Cc1c(Cl)cc(CCCCCCNC(=O)Nc2cc(Cl)c(C)c(Cl)c2O)c(O)c1Cl.O=C(Nc1ccc(C(F)(F)F)cc1)Nc1cccc(F)c1O.Oc1ccc(NCc2ccccc2Sc2ccc(Cl)cc2)c(O)c1. The molecule has 0 bridgehead atoms. The number of halogens is 9. The van der Waals surface area contributed by atoms with E-state index in [1.54, 1.807) is 37.7 Å².